The first-order chi connectivity index (χ1) is 17.4. The first-order valence-corrected chi connectivity index (χ1v) is 12.2. The Morgan fingerprint density at radius 2 is 1.69 bits per heavy atom. The zero-order valence-electron chi connectivity index (χ0n) is 20.8. The summed E-state index contributed by atoms with van der Waals surface area (Å²) in [6, 6.07) is 21.8. The summed E-state index contributed by atoms with van der Waals surface area (Å²) in [5.74, 6) is 0.646. The quantitative estimate of drug-likeness (QED) is 0.348. The minimum Gasteiger partial charge on any atom is -0.322 e. The predicted molar refractivity (Wildman–Crippen MR) is 145 cm³/mol. The van der Waals surface area contributed by atoms with Gasteiger partial charge in [0.25, 0.3) is 5.91 Å². The summed E-state index contributed by atoms with van der Waals surface area (Å²) in [7, 11) is 4.04. The van der Waals surface area contributed by atoms with Crippen molar-refractivity contribution in [1.82, 2.24) is 9.88 Å². The topological polar surface area (TPSA) is 74.3 Å². The predicted octanol–water partition coefficient (Wildman–Crippen LogP) is 5.87. The normalized spacial score (nSPS) is 13.1. The van der Waals surface area contributed by atoms with E-state index in [9.17, 15) is 9.59 Å². The molecule has 6 heteroatoms. The molecule has 36 heavy (non-hydrogen) atoms. The minimum atomic E-state index is -0.135. The first-order valence-electron chi connectivity index (χ1n) is 12.2. The van der Waals surface area contributed by atoms with Gasteiger partial charge < -0.3 is 15.5 Å². The number of rotatable bonds is 7. The average molecular weight is 479 g/mol. The highest BCUT2D eigenvalue weighted by atomic mass is 16.2. The Hall–Kier alpha value is -4.03. The van der Waals surface area contributed by atoms with Gasteiger partial charge >= 0.3 is 0 Å². The Balaban J connectivity index is 1.34. The number of hydrogen-bond donors (Lipinski definition) is 2. The van der Waals surface area contributed by atoms with Crippen LogP contribution in [-0.2, 0) is 11.3 Å². The fraction of sp³-hybridized carbons (Fsp3) is 0.233. The molecule has 1 saturated carbocycles. The van der Waals surface area contributed by atoms with E-state index in [-0.39, 0.29) is 17.7 Å². The van der Waals surface area contributed by atoms with E-state index < -0.39 is 0 Å². The zero-order chi connectivity index (χ0) is 25.2. The van der Waals surface area contributed by atoms with Crippen LogP contribution in [-0.4, -0.2) is 35.8 Å². The Bertz CT molecular complexity index is 1440. The summed E-state index contributed by atoms with van der Waals surface area (Å²) in [5.41, 5.74) is 5.73. The molecule has 0 aliphatic heterocycles. The lowest BCUT2D eigenvalue weighted by atomic mass is 9.97. The van der Waals surface area contributed by atoms with E-state index in [1.165, 1.54) is 0 Å². The standard InChI is InChI=1S/C30H30N4O2/c1-19-4-13-26(32-29(35)21-7-5-20(6-8-21)18-34(2)3)16-27(19)24-12-11-23-15-28(31-17-25(23)14-24)33-30(36)22-9-10-22/h4-8,11-17,22H,9-10,18H2,1-3H3,(H,32,35)(H,31,33,36). The molecule has 5 rings (SSSR count). The second kappa shape index (κ2) is 9.91. The molecule has 0 saturated heterocycles. The second-order valence-corrected chi connectivity index (χ2v) is 9.81. The van der Waals surface area contributed by atoms with E-state index in [2.05, 4.69) is 39.6 Å². The maximum absolute atomic E-state index is 12.8. The maximum Gasteiger partial charge on any atom is 0.255 e. The molecule has 1 fully saturated rings. The molecule has 2 N–H and O–H groups in total. The number of amides is 2. The lowest BCUT2D eigenvalue weighted by Crippen LogP contribution is -2.14. The van der Waals surface area contributed by atoms with Crippen LogP contribution < -0.4 is 10.6 Å². The van der Waals surface area contributed by atoms with Crippen LogP contribution in [0.4, 0.5) is 11.5 Å². The summed E-state index contributed by atoms with van der Waals surface area (Å²) < 4.78 is 0. The van der Waals surface area contributed by atoms with Gasteiger partial charge in [-0.3, -0.25) is 9.59 Å². The number of benzene rings is 3. The maximum atomic E-state index is 12.8. The van der Waals surface area contributed by atoms with Gasteiger partial charge in [0.15, 0.2) is 0 Å². The van der Waals surface area contributed by atoms with Gasteiger partial charge in [-0.15, -0.1) is 0 Å². The smallest absolute Gasteiger partial charge is 0.255 e. The van der Waals surface area contributed by atoms with Crippen molar-refractivity contribution < 1.29 is 9.59 Å². The third kappa shape index (κ3) is 5.44. The van der Waals surface area contributed by atoms with E-state index in [0.29, 0.717) is 11.4 Å². The number of nitrogens with one attached hydrogen (secondary N) is 2. The molecule has 0 spiro atoms. The molecule has 0 radical (unpaired) electrons. The molecular weight excluding hydrogens is 448 g/mol. The summed E-state index contributed by atoms with van der Waals surface area (Å²) in [6.07, 6.45) is 3.72. The van der Waals surface area contributed by atoms with Crippen LogP contribution in [0.5, 0.6) is 0 Å². The molecular formula is C30H30N4O2. The van der Waals surface area contributed by atoms with Crippen molar-refractivity contribution >= 4 is 34.1 Å². The monoisotopic (exact) mass is 478 g/mol. The number of aryl methyl sites for hydroxylation is 1. The van der Waals surface area contributed by atoms with Crippen molar-refractivity contribution in [1.29, 1.82) is 0 Å². The number of anilines is 2. The molecule has 1 aliphatic carbocycles. The molecule has 4 aromatic rings. The molecule has 6 nitrogen and oxygen atoms in total. The lowest BCUT2D eigenvalue weighted by Gasteiger charge is -2.13. The number of carbonyl (C=O) groups is 2. The van der Waals surface area contributed by atoms with Gasteiger partial charge in [0.2, 0.25) is 5.91 Å². The summed E-state index contributed by atoms with van der Waals surface area (Å²) in [4.78, 5) is 31.4. The van der Waals surface area contributed by atoms with Gasteiger partial charge in [-0.2, -0.15) is 0 Å². The van der Waals surface area contributed by atoms with Crippen molar-refractivity contribution in [2.45, 2.75) is 26.3 Å². The second-order valence-electron chi connectivity index (χ2n) is 9.81. The SMILES string of the molecule is Cc1ccc(NC(=O)c2ccc(CN(C)C)cc2)cc1-c1ccc2cc(NC(=O)C3CC3)ncc2c1. The van der Waals surface area contributed by atoms with E-state index >= 15 is 0 Å². The van der Waals surface area contributed by atoms with E-state index in [1.807, 2.05) is 68.7 Å². The number of carbonyl (C=O) groups excluding carboxylic acids is 2. The van der Waals surface area contributed by atoms with Crippen LogP contribution in [0.3, 0.4) is 0 Å². The number of fused-ring (bicyclic) bond motifs is 1. The first kappa shape index (κ1) is 23.7. The van der Waals surface area contributed by atoms with Gasteiger partial charge in [-0.1, -0.05) is 30.3 Å². The van der Waals surface area contributed by atoms with Gasteiger partial charge in [0, 0.05) is 35.3 Å². The number of nitrogens with zero attached hydrogens (tertiary/aromatic N) is 2. The van der Waals surface area contributed by atoms with Gasteiger partial charge in [-0.05, 0) is 97.9 Å². The Morgan fingerprint density at radius 1 is 0.917 bits per heavy atom. The molecule has 1 heterocycles. The van der Waals surface area contributed by atoms with Crippen LogP contribution in [0, 0.1) is 12.8 Å². The van der Waals surface area contributed by atoms with E-state index in [0.717, 1.165) is 58.1 Å². The molecule has 1 aliphatic rings. The summed E-state index contributed by atoms with van der Waals surface area (Å²) in [5, 5.41) is 7.94. The Labute approximate surface area is 211 Å². The average Bonchev–Trinajstić information content (AvgIpc) is 3.71. The molecule has 3 aromatic carbocycles. The van der Waals surface area contributed by atoms with Crippen molar-refractivity contribution in [3.05, 3.63) is 89.6 Å². The summed E-state index contributed by atoms with van der Waals surface area (Å²) in [6.45, 7) is 2.89. The van der Waals surface area contributed by atoms with Crippen LogP contribution in [0.15, 0.2) is 72.9 Å². The molecule has 2 amide bonds. The van der Waals surface area contributed by atoms with Crippen LogP contribution in [0.2, 0.25) is 0 Å². The van der Waals surface area contributed by atoms with E-state index in [4.69, 9.17) is 0 Å². The number of pyridine rings is 1. The molecule has 1 aromatic heterocycles. The van der Waals surface area contributed by atoms with Gasteiger partial charge in [0.1, 0.15) is 5.82 Å². The van der Waals surface area contributed by atoms with Crippen LogP contribution in [0.1, 0.15) is 34.3 Å². The molecule has 0 unspecified atom stereocenters. The van der Waals surface area contributed by atoms with Crippen molar-refractivity contribution in [2.24, 2.45) is 5.92 Å². The Morgan fingerprint density at radius 3 is 2.42 bits per heavy atom. The Kier molecular flexibility index (Phi) is 6.53. The highest BCUT2D eigenvalue weighted by Crippen LogP contribution is 2.32. The van der Waals surface area contributed by atoms with Crippen molar-refractivity contribution in [3.8, 4) is 11.1 Å². The van der Waals surface area contributed by atoms with Crippen molar-refractivity contribution in [3.63, 3.8) is 0 Å². The van der Waals surface area contributed by atoms with Crippen LogP contribution >= 0.6 is 0 Å². The lowest BCUT2D eigenvalue weighted by molar-refractivity contribution is -0.117. The highest BCUT2D eigenvalue weighted by Gasteiger charge is 2.29. The van der Waals surface area contributed by atoms with Gasteiger partial charge in [0.05, 0.1) is 0 Å². The fourth-order valence-corrected chi connectivity index (χ4v) is 4.29. The van der Waals surface area contributed by atoms with E-state index in [1.54, 1.807) is 6.20 Å². The minimum absolute atomic E-state index is 0.0532. The molecule has 182 valence electrons. The zero-order valence-corrected chi connectivity index (χ0v) is 20.8. The third-order valence-corrected chi connectivity index (χ3v) is 6.44. The molecule has 0 atom stereocenters. The number of aromatic nitrogens is 1. The van der Waals surface area contributed by atoms with Crippen molar-refractivity contribution in [2.75, 3.05) is 24.7 Å². The van der Waals surface area contributed by atoms with Crippen LogP contribution in [0.25, 0.3) is 21.9 Å². The summed E-state index contributed by atoms with van der Waals surface area (Å²) >= 11 is 0. The fourth-order valence-electron chi connectivity index (χ4n) is 4.29. The molecule has 0 bridgehead atoms. The number of hydrogen-bond acceptors (Lipinski definition) is 4. The van der Waals surface area contributed by atoms with Gasteiger partial charge in [-0.25, -0.2) is 4.98 Å². The third-order valence-electron chi connectivity index (χ3n) is 6.44. The largest absolute Gasteiger partial charge is 0.322 e. The highest BCUT2D eigenvalue weighted by molar-refractivity contribution is 6.04.